The third-order valence-corrected chi connectivity index (χ3v) is 7.22. The summed E-state index contributed by atoms with van der Waals surface area (Å²) in [6.07, 6.45) is 1.50. The average molecular weight is 502 g/mol. The molecule has 1 aliphatic rings. The maximum atomic E-state index is 12.9. The molecule has 0 aliphatic carbocycles. The van der Waals surface area contributed by atoms with Gasteiger partial charge >= 0.3 is 6.09 Å². The van der Waals surface area contributed by atoms with Crippen LogP contribution in [0.4, 0.5) is 10.5 Å². The molecule has 2 aromatic rings. The lowest BCUT2D eigenvalue weighted by Gasteiger charge is -2.29. The Morgan fingerprint density at radius 1 is 1.26 bits per heavy atom. The van der Waals surface area contributed by atoms with Gasteiger partial charge in [-0.05, 0) is 32.9 Å². The standard InChI is InChI=1S/C25H39N5O4Si/c1-25(2,3)34-24(32)29-12-11-22(31)27-20-10-8-7-9-18(20)21-16-30(23(28-21)19(26)15-29)17-33-13-14-35(4,5)6/h7-10,16,19H,11-15,17,26H2,1-6H3,(H,27,31)/t19-/m0/s1. The number of aromatic nitrogens is 2. The van der Waals surface area contributed by atoms with E-state index in [2.05, 4.69) is 25.0 Å². The first kappa shape index (κ1) is 26.9. The van der Waals surface area contributed by atoms with Crippen molar-refractivity contribution in [3.63, 3.8) is 0 Å². The van der Waals surface area contributed by atoms with Gasteiger partial charge in [-0.2, -0.15) is 0 Å². The van der Waals surface area contributed by atoms with Crippen molar-refractivity contribution < 1.29 is 19.1 Å². The predicted molar refractivity (Wildman–Crippen MR) is 140 cm³/mol. The van der Waals surface area contributed by atoms with Crippen LogP contribution < -0.4 is 11.1 Å². The van der Waals surface area contributed by atoms with Crippen molar-refractivity contribution >= 4 is 25.8 Å². The summed E-state index contributed by atoms with van der Waals surface area (Å²) in [7, 11) is -1.22. The largest absolute Gasteiger partial charge is 0.444 e. The number of ether oxygens (including phenoxy) is 2. The Hall–Kier alpha value is -2.69. The zero-order valence-corrected chi connectivity index (χ0v) is 22.8. The molecule has 1 aliphatic heterocycles. The fourth-order valence-corrected chi connectivity index (χ4v) is 4.42. The van der Waals surface area contributed by atoms with Gasteiger partial charge < -0.3 is 30.0 Å². The first-order chi connectivity index (χ1) is 16.3. The van der Waals surface area contributed by atoms with Gasteiger partial charge in [-0.25, -0.2) is 9.78 Å². The van der Waals surface area contributed by atoms with E-state index in [4.69, 9.17) is 20.2 Å². The van der Waals surface area contributed by atoms with Gasteiger partial charge in [0, 0.05) is 46.0 Å². The summed E-state index contributed by atoms with van der Waals surface area (Å²) in [5, 5.41) is 2.96. The van der Waals surface area contributed by atoms with Crippen LogP contribution in [0.3, 0.4) is 0 Å². The Morgan fingerprint density at radius 3 is 2.66 bits per heavy atom. The number of hydrogen-bond acceptors (Lipinski definition) is 6. The van der Waals surface area contributed by atoms with E-state index in [1.165, 1.54) is 4.90 Å². The smallest absolute Gasteiger partial charge is 0.410 e. The number of amides is 2. The van der Waals surface area contributed by atoms with Crippen LogP contribution in [-0.2, 0) is 21.0 Å². The molecule has 0 spiro atoms. The van der Waals surface area contributed by atoms with Gasteiger partial charge in [0.2, 0.25) is 5.91 Å². The zero-order valence-electron chi connectivity index (χ0n) is 21.8. The third-order valence-electron chi connectivity index (χ3n) is 5.52. The maximum Gasteiger partial charge on any atom is 0.410 e. The second-order valence-electron chi connectivity index (χ2n) is 11.2. The molecular weight excluding hydrogens is 462 g/mol. The molecule has 0 saturated carbocycles. The van der Waals surface area contributed by atoms with Crippen molar-refractivity contribution in [2.45, 2.75) is 71.3 Å². The van der Waals surface area contributed by atoms with Gasteiger partial charge in [0.15, 0.2) is 0 Å². The Balaban J connectivity index is 1.94. The number of nitrogens with two attached hydrogens (primary N) is 1. The molecule has 2 bridgehead atoms. The number of nitrogens with zero attached hydrogens (tertiary/aromatic N) is 3. The number of anilines is 1. The van der Waals surface area contributed by atoms with Crippen molar-refractivity contribution in [3.8, 4) is 11.3 Å². The van der Waals surface area contributed by atoms with Crippen LogP contribution in [0.2, 0.25) is 25.7 Å². The first-order valence-electron chi connectivity index (χ1n) is 12.1. The lowest BCUT2D eigenvalue weighted by molar-refractivity contribution is -0.116. The summed E-state index contributed by atoms with van der Waals surface area (Å²) < 4.78 is 13.5. The number of carbonyl (C=O) groups excluding carboxylic acids is 2. The zero-order chi connectivity index (χ0) is 25.8. The number of carbonyl (C=O) groups is 2. The van der Waals surface area contributed by atoms with Crippen molar-refractivity contribution in [1.29, 1.82) is 0 Å². The minimum absolute atomic E-state index is 0.120. The van der Waals surface area contributed by atoms with Gasteiger partial charge in [0.05, 0.1) is 17.4 Å². The second-order valence-corrected chi connectivity index (χ2v) is 16.8. The quantitative estimate of drug-likeness (QED) is 0.463. The fraction of sp³-hybridized carbons (Fsp3) is 0.560. The number of fused-ring (bicyclic) bond motifs is 4. The Bertz CT molecular complexity index is 1040. The first-order valence-corrected chi connectivity index (χ1v) is 15.8. The van der Waals surface area contributed by atoms with Gasteiger partial charge in [-0.3, -0.25) is 4.79 Å². The lowest BCUT2D eigenvalue weighted by Crippen LogP contribution is -2.42. The number of rotatable bonds is 5. The molecule has 2 amide bonds. The van der Waals surface area contributed by atoms with E-state index in [-0.39, 0.29) is 25.4 Å². The summed E-state index contributed by atoms with van der Waals surface area (Å²) in [4.78, 5) is 31.9. The molecule has 9 nitrogen and oxygen atoms in total. The van der Waals surface area contributed by atoms with Crippen LogP contribution in [0.15, 0.2) is 30.5 Å². The van der Waals surface area contributed by atoms with E-state index in [0.717, 1.165) is 11.6 Å². The van der Waals surface area contributed by atoms with Crippen LogP contribution in [0.25, 0.3) is 11.3 Å². The summed E-state index contributed by atoms with van der Waals surface area (Å²) in [5.41, 5.74) is 8.09. The molecule has 192 valence electrons. The van der Waals surface area contributed by atoms with Crippen molar-refractivity contribution in [2.24, 2.45) is 5.73 Å². The fourth-order valence-electron chi connectivity index (χ4n) is 3.67. The molecule has 3 N–H and O–H groups in total. The minimum atomic E-state index is -1.22. The van der Waals surface area contributed by atoms with E-state index < -0.39 is 25.8 Å². The molecule has 2 heterocycles. The average Bonchev–Trinajstić information content (AvgIpc) is 3.16. The van der Waals surface area contributed by atoms with Crippen LogP contribution in [0.5, 0.6) is 0 Å². The van der Waals surface area contributed by atoms with E-state index >= 15 is 0 Å². The van der Waals surface area contributed by atoms with E-state index in [0.29, 0.717) is 30.5 Å². The topological polar surface area (TPSA) is 112 Å². The number of nitrogens with one attached hydrogen (secondary N) is 1. The number of imidazole rings is 1. The normalized spacial score (nSPS) is 17.2. The van der Waals surface area contributed by atoms with Gasteiger partial charge in [-0.15, -0.1) is 0 Å². The van der Waals surface area contributed by atoms with Crippen LogP contribution in [-0.4, -0.2) is 59.8 Å². The highest BCUT2D eigenvalue weighted by Gasteiger charge is 2.28. The highest BCUT2D eigenvalue weighted by Crippen LogP contribution is 2.29. The van der Waals surface area contributed by atoms with E-state index in [1.54, 1.807) is 0 Å². The summed E-state index contributed by atoms with van der Waals surface area (Å²) in [5.74, 6) is 0.415. The molecular formula is C25H39N5O4Si. The third kappa shape index (κ3) is 7.91. The van der Waals surface area contributed by atoms with Crippen LogP contribution in [0.1, 0.15) is 39.1 Å². The molecule has 1 aromatic carbocycles. The molecule has 0 radical (unpaired) electrons. The van der Waals surface area contributed by atoms with Crippen LogP contribution in [0, 0.1) is 0 Å². The summed E-state index contributed by atoms with van der Waals surface area (Å²) in [6, 6.07) is 7.99. The van der Waals surface area contributed by atoms with Crippen LogP contribution >= 0.6 is 0 Å². The molecule has 0 saturated heterocycles. The summed E-state index contributed by atoms with van der Waals surface area (Å²) >= 11 is 0. The SMILES string of the molecule is CC(C)(C)OC(=O)N1CCC(=O)Nc2ccccc2-c2cn(COCC[Si](C)(C)C)c(n2)[C@@H](N)C1. The number of hydrogen-bond donors (Lipinski definition) is 2. The molecule has 1 atom stereocenters. The minimum Gasteiger partial charge on any atom is -0.444 e. The maximum absolute atomic E-state index is 12.9. The van der Waals surface area contributed by atoms with E-state index in [9.17, 15) is 9.59 Å². The summed E-state index contributed by atoms with van der Waals surface area (Å²) in [6.45, 7) is 13.7. The van der Waals surface area contributed by atoms with Crippen molar-refractivity contribution in [1.82, 2.24) is 14.5 Å². The molecule has 0 fully saturated rings. The molecule has 0 unspecified atom stereocenters. The second kappa shape index (κ2) is 10.9. The molecule has 1 aromatic heterocycles. The number of benzene rings is 1. The molecule has 3 rings (SSSR count). The lowest BCUT2D eigenvalue weighted by atomic mass is 10.1. The molecule has 35 heavy (non-hydrogen) atoms. The Kier molecular flexibility index (Phi) is 8.40. The predicted octanol–water partition coefficient (Wildman–Crippen LogP) is 4.44. The Morgan fingerprint density at radius 2 is 1.97 bits per heavy atom. The van der Waals surface area contributed by atoms with Crippen molar-refractivity contribution in [3.05, 3.63) is 36.3 Å². The highest BCUT2D eigenvalue weighted by atomic mass is 28.3. The monoisotopic (exact) mass is 501 g/mol. The Labute approximate surface area is 209 Å². The van der Waals surface area contributed by atoms with Gasteiger partial charge in [-0.1, -0.05) is 37.8 Å². The van der Waals surface area contributed by atoms with Crippen molar-refractivity contribution in [2.75, 3.05) is 25.0 Å². The molecule has 10 heteroatoms. The van der Waals surface area contributed by atoms with Gasteiger partial charge in [0.1, 0.15) is 18.2 Å². The van der Waals surface area contributed by atoms with E-state index in [1.807, 2.05) is 55.8 Å². The highest BCUT2D eigenvalue weighted by molar-refractivity contribution is 6.76. The number of para-hydroxylation sites is 1. The van der Waals surface area contributed by atoms with Gasteiger partial charge in [0.25, 0.3) is 0 Å².